The maximum Gasteiger partial charge on any atom is 0.124 e. The average molecular weight is 254 g/mol. The van der Waals surface area contributed by atoms with E-state index in [4.69, 9.17) is 10.6 Å². The van der Waals surface area contributed by atoms with Crippen molar-refractivity contribution in [1.82, 2.24) is 0 Å². The zero-order valence-corrected chi connectivity index (χ0v) is 11.3. The summed E-state index contributed by atoms with van der Waals surface area (Å²) in [5, 5.41) is 1.85. The van der Waals surface area contributed by atoms with Crippen molar-refractivity contribution >= 4 is 5.69 Å². The Balaban J connectivity index is 2.04. The molecule has 0 amide bonds. The van der Waals surface area contributed by atoms with Gasteiger partial charge in [-0.2, -0.15) is 0 Å². The second-order valence-electron chi connectivity index (χ2n) is 5.00. The zero-order valence-electron chi connectivity index (χ0n) is 11.3. The minimum Gasteiger partial charge on any atom is -0.496 e. The van der Waals surface area contributed by atoms with Crippen molar-refractivity contribution in [2.45, 2.75) is 19.4 Å². The minimum atomic E-state index is 0.146. The van der Waals surface area contributed by atoms with Crippen molar-refractivity contribution < 1.29 is 4.74 Å². The van der Waals surface area contributed by atoms with E-state index in [1.807, 2.05) is 17.1 Å². The molecule has 3 rings (SSSR count). The summed E-state index contributed by atoms with van der Waals surface area (Å²) in [5.74, 6) is 7.18. The molecular formula is C16H18N2O. The van der Waals surface area contributed by atoms with Crippen molar-refractivity contribution in [1.29, 1.82) is 0 Å². The van der Waals surface area contributed by atoms with Gasteiger partial charge in [-0.1, -0.05) is 35.9 Å². The summed E-state index contributed by atoms with van der Waals surface area (Å²) < 4.78 is 5.48. The molecule has 0 saturated carbocycles. The van der Waals surface area contributed by atoms with Crippen LogP contribution in [0.15, 0.2) is 42.5 Å². The quantitative estimate of drug-likeness (QED) is 0.837. The van der Waals surface area contributed by atoms with E-state index in [1.165, 1.54) is 11.1 Å². The first kappa shape index (κ1) is 12.1. The number of nitrogens with two attached hydrogens (primary N) is 1. The number of para-hydroxylation sites is 1. The van der Waals surface area contributed by atoms with Crippen molar-refractivity contribution in [3.8, 4) is 5.75 Å². The fourth-order valence-electron chi connectivity index (χ4n) is 2.78. The molecule has 98 valence electrons. The summed E-state index contributed by atoms with van der Waals surface area (Å²) in [6.07, 6.45) is 0.923. The molecular weight excluding hydrogens is 236 g/mol. The lowest BCUT2D eigenvalue weighted by Crippen LogP contribution is -2.32. The molecule has 1 atom stereocenters. The summed E-state index contributed by atoms with van der Waals surface area (Å²) >= 11 is 0. The third-order valence-electron chi connectivity index (χ3n) is 3.76. The Bertz CT molecular complexity index is 609. The van der Waals surface area contributed by atoms with Crippen LogP contribution in [0.4, 0.5) is 5.69 Å². The maximum absolute atomic E-state index is 6.27. The van der Waals surface area contributed by atoms with Gasteiger partial charge in [-0.05, 0) is 24.6 Å². The molecule has 0 bridgehead atoms. The summed E-state index contributed by atoms with van der Waals surface area (Å²) in [6, 6.07) is 14.7. The molecule has 3 nitrogen and oxygen atoms in total. The Morgan fingerprint density at radius 2 is 2.00 bits per heavy atom. The maximum atomic E-state index is 6.27. The Morgan fingerprint density at radius 3 is 2.74 bits per heavy atom. The van der Waals surface area contributed by atoms with Crippen LogP contribution in [0.1, 0.15) is 22.7 Å². The van der Waals surface area contributed by atoms with Crippen LogP contribution in [0.5, 0.6) is 5.75 Å². The van der Waals surface area contributed by atoms with Crippen molar-refractivity contribution in [3.05, 3.63) is 59.2 Å². The Hall–Kier alpha value is -2.00. The molecule has 2 N–H and O–H groups in total. The number of hydrogen-bond acceptors (Lipinski definition) is 3. The number of fused-ring (bicyclic) bond motifs is 1. The van der Waals surface area contributed by atoms with Gasteiger partial charge in [-0.15, -0.1) is 0 Å². The predicted molar refractivity (Wildman–Crippen MR) is 77.3 cm³/mol. The van der Waals surface area contributed by atoms with Crippen molar-refractivity contribution in [2.75, 3.05) is 12.1 Å². The average Bonchev–Trinajstić information content (AvgIpc) is 2.76. The van der Waals surface area contributed by atoms with Gasteiger partial charge >= 0.3 is 0 Å². The normalized spacial score (nSPS) is 17.4. The van der Waals surface area contributed by atoms with E-state index in [-0.39, 0.29) is 6.04 Å². The van der Waals surface area contributed by atoms with Crippen LogP contribution >= 0.6 is 0 Å². The van der Waals surface area contributed by atoms with Gasteiger partial charge in [0.05, 0.1) is 18.8 Å². The SMILES string of the molecule is COc1ccc(C)cc1C1Cc2ccccc2N1N. The Morgan fingerprint density at radius 1 is 1.21 bits per heavy atom. The van der Waals surface area contributed by atoms with Gasteiger partial charge < -0.3 is 9.75 Å². The van der Waals surface area contributed by atoms with E-state index < -0.39 is 0 Å². The molecule has 0 saturated heterocycles. The molecule has 1 aliphatic heterocycles. The van der Waals surface area contributed by atoms with Crippen LogP contribution < -0.4 is 15.6 Å². The highest BCUT2D eigenvalue weighted by Gasteiger charge is 2.30. The standard InChI is InChI=1S/C16H18N2O/c1-11-7-8-16(19-2)13(9-11)15-10-12-5-3-4-6-14(12)18(15)17/h3-9,15H,10,17H2,1-2H3. The number of hydrogen-bond donors (Lipinski definition) is 1. The Kier molecular flexibility index (Phi) is 2.91. The second kappa shape index (κ2) is 4.59. The Labute approximate surface area is 113 Å². The van der Waals surface area contributed by atoms with Crippen LogP contribution in [0.2, 0.25) is 0 Å². The van der Waals surface area contributed by atoms with E-state index in [9.17, 15) is 0 Å². The molecule has 1 heterocycles. The van der Waals surface area contributed by atoms with Crippen LogP contribution in [-0.2, 0) is 6.42 Å². The first-order valence-electron chi connectivity index (χ1n) is 6.47. The second-order valence-corrected chi connectivity index (χ2v) is 5.00. The third kappa shape index (κ3) is 1.96. The van der Waals surface area contributed by atoms with Gasteiger partial charge in [-0.3, -0.25) is 0 Å². The molecule has 19 heavy (non-hydrogen) atoms. The fourth-order valence-corrected chi connectivity index (χ4v) is 2.78. The number of methoxy groups -OCH3 is 1. The van der Waals surface area contributed by atoms with Crippen LogP contribution in [0, 0.1) is 6.92 Å². The van der Waals surface area contributed by atoms with Crippen LogP contribution in [0.25, 0.3) is 0 Å². The lowest BCUT2D eigenvalue weighted by Gasteiger charge is -2.24. The lowest BCUT2D eigenvalue weighted by atomic mass is 10.00. The van der Waals surface area contributed by atoms with E-state index in [2.05, 4.69) is 37.3 Å². The topological polar surface area (TPSA) is 38.5 Å². The zero-order chi connectivity index (χ0) is 13.4. The summed E-state index contributed by atoms with van der Waals surface area (Å²) in [6.45, 7) is 2.09. The first-order valence-corrected chi connectivity index (χ1v) is 6.47. The number of ether oxygens (including phenoxy) is 1. The number of aryl methyl sites for hydroxylation is 1. The van der Waals surface area contributed by atoms with Gasteiger partial charge in [0.25, 0.3) is 0 Å². The molecule has 0 radical (unpaired) electrons. The van der Waals surface area contributed by atoms with E-state index in [1.54, 1.807) is 7.11 Å². The van der Waals surface area contributed by atoms with E-state index in [0.717, 1.165) is 23.4 Å². The highest BCUT2D eigenvalue weighted by atomic mass is 16.5. The molecule has 3 heteroatoms. The third-order valence-corrected chi connectivity index (χ3v) is 3.76. The summed E-state index contributed by atoms with van der Waals surface area (Å²) in [5.41, 5.74) is 4.77. The number of benzene rings is 2. The summed E-state index contributed by atoms with van der Waals surface area (Å²) in [4.78, 5) is 0. The molecule has 1 aliphatic rings. The molecule has 1 unspecified atom stereocenters. The van der Waals surface area contributed by atoms with Gasteiger partial charge in [0.15, 0.2) is 0 Å². The largest absolute Gasteiger partial charge is 0.496 e. The highest BCUT2D eigenvalue weighted by molar-refractivity contribution is 5.60. The van der Waals surface area contributed by atoms with Gasteiger partial charge in [0.1, 0.15) is 5.75 Å². The monoisotopic (exact) mass is 254 g/mol. The molecule has 0 aromatic heterocycles. The highest BCUT2D eigenvalue weighted by Crippen LogP contribution is 2.40. The number of nitrogens with zero attached hydrogens (tertiary/aromatic N) is 1. The molecule has 2 aromatic carbocycles. The molecule has 0 fully saturated rings. The van der Waals surface area contributed by atoms with E-state index >= 15 is 0 Å². The minimum absolute atomic E-state index is 0.146. The van der Waals surface area contributed by atoms with Gasteiger partial charge in [-0.25, -0.2) is 5.84 Å². The fraction of sp³-hybridized carbons (Fsp3) is 0.250. The van der Waals surface area contributed by atoms with Crippen LogP contribution in [-0.4, -0.2) is 7.11 Å². The van der Waals surface area contributed by atoms with E-state index in [0.29, 0.717) is 0 Å². The lowest BCUT2D eigenvalue weighted by molar-refractivity contribution is 0.405. The summed E-state index contributed by atoms with van der Waals surface area (Å²) in [7, 11) is 1.71. The number of anilines is 1. The number of hydrazine groups is 1. The molecule has 2 aromatic rings. The van der Waals surface area contributed by atoms with Crippen LogP contribution in [0.3, 0.4) is 0 Å². The smallest absolute Gasteiger partial charge is 0.124 e. The predicted octanol–water partition coefficient (Wildman–Crippen LogP) is 2.98. The van der Waals surface area contributed by atoms with Crippen molar-refractivity contribution in [3.63, 3.8) is 0 Å². The van der Waals surface area contributed by atoms with Crippen molar-refractivity contribution in [2.24, 2.45) is 5.84 Å². The van der Waals surface area contributed by atoms with Gasteiger partial charge in [0.2, 0.25) is 0 Å². The first-order chi connectivity index (χ1) is 9.20. The molecule has 0 aliphatic carbocycles. The molecule has 0 spiro atoms. The number of rotatable bonds is 2. The van der Waals surface area contributed by atoms with Gasteiger partial charge in [0, 0.05) is 12.0 Å².